The first-order valence-electron chi connectivity index (χ1n) is 4.27. The molecule has 0 radical (unpaired) electrons. The Morgan fingerprint density at radius 1 is 1.29 bits per heavy atom. The maximum absolute atomic E-state index is 10.3. The van der Waals surface area contributed by atoms with Crippen molar-refractivity contribution in [2.24, 2.45) is 0 Å². The van der Waals surface area contributed by atoms with E-state index in [4.69, 9.17) is 10.2 Å². The normalized spacial score (nSPS) is 10.1. The van der Waals surface area contributed by atoms with Crippen LogP contribution in [-0.4, -0.2) is 21.3 Å². The summed E-state index contributed by atoms with van der Waals surface area (Å²) in [5.41, 5.74) is 0.979. The minimum Gasteiger partial charge on any atom is -0.507 e. The van der Waals surface area contributed by atoms with E-state index in [1.807, 2.05) is 0 Å². The fraction of sp³-hybridized carbons (Fsp3) is 0.300. The summed E-state index contributed by atoms with van der Waals surface area (Å²) in [7, 11) is 0. The highest BCUT2D eigenvalue weighted by Gasteiger charge is 2.07. The van der Waals surface area contributed by atoms with Gasteiger partial charge in [-0.25, -0.2) is 0 Å². The Morgan fingerprint density at radius 3 is 2.50 bits per heavy atom. The summed E-state index contributed by atoms with van der Waals surface area (Å²) < 4.78 is 0. The molecule has 0 saturated carbocycles. The van der Waals surface area contributed by atoms with Crippen LogP contribution in [0.2, 0.25) is 0 Å². The average Bonchev–Trinajstić information content (AvgIpc) is 2.16. The molecule has 0 aliphatic heterocycles. The molecule has 3 N–H and O–H groups in total. The van der Waals surface area contributed by atoms with Gasteiger partial charge in [0, 0.05) is 12.0 Å². The van der Waals surface area contributed by atoms with E-state index in [2.05, 4.69) is 0 Å². The molecule has 0 fully saturated rings. The number of aromatic hydroxyl groups is 1. The molecule has 4 heteroatoms. The fourth-order valence-corrected chi connectivity index (χ4v) is 1.22. The Morgan fingerprint density at radius 2 is 1.93 bits per heavy atom. The van der Waals surface area contributed by atoms with Crippen molar-refractivity contribution >= 4 is 5.97 Å². The zero-order valence-corrected chi connectivity index (χ0v) is 7.60. The van der Waals surface area contributed by atoms with Gasteiger partial charge in [-0.3, -0.25) is 4.79 Å². The number of carbonyl (C=O) groups is 1. The van der Waals surface area contributed by atoms with Gasteiger partial charge in [0.15, 0.2) is 0 Å². The van der Waals surface area contributed by atoms with Crippen molar-refractivity contribution in [3.05, 3.63) is 29.3 Å². The maximum atomic E-state index is 10.3. The third-order valence-corrected chi connectivity index (χ3v) is 1.98. The van der Waals surface area contributed by atoms with Gasteiger partial charge in [-0.15, -0.1) is 0 Å². The predicted octanol–water partition coefficient (Wildman–Crippen LogP) is 0.902. The second kappa shape index (κ2) is 4.62. The number of benzene rings is 1. The van der Waals surface area contributed by atoms with Gasteiger partial charge in [-0.2, -0.15) is 0 Å². The van der Waals surface area contributed by atoms with Gasteiger partial charge in [-0.1, -0.05) is 18.2 Å². The molecule has 1 aromatic rings. The van der Waals surface area contributed by atoms with E-state index in [0.29, 0.717) is 11.1 Å². The van der Waals surface area contributed by atoms with Gasteiger partial charge in [0.05, 0.1) is 6.61 Å². The number of aliphatic carboxylic acids is 1. The molecule has 1 aromatic carbocycles. The summed E-state index contributed by atoms with van der Waals surface area (Å²) in [5, 5.41) is 26.9. The number of rotatable bonds is 4. The smallest absolute Gasteiger partial charge is 0.303 e. The first-order chi connectivity index (χ1) is 6.65. The third-order valence-electron chi connectivity index (χ3n) is 1.98. The Bertz CT molecular complexity index is 333. The largest absolute Gasteiger partial charge is 0.507 e. The topological polar surface area (TPSA) is 77.8 Å². The number of carboxylic acid groups (broad SMARTS) is 1. The summed E-state index contributed by atoms with van der Waals surface area (Å²) in [4.78, 5) is 10.3. The van der Waals surface area contributed by atoms with Crippen LogP contribution in [0.3, 0.4) is 0 Å². The van der Waals surface area contributed by atoms with Crippen LogP contribution in [0.1, 0.15) is 17.5 Å². The summed E-state index contributed by atoms with van der Waals surface area (Å²) in [6.45, 7) is -0.243. The SMILES string of the molecule is O=C(O)CCc1cccc(CO)c1O. The number of hydrogen-bond acceptors (Lipinski definition) is 3. The van der Waals surface area contributed by atoms with Crippen molar-refractivity contribution in [1.29, 1.82) is 0 Å². The van der Waals surface area contributed by atoms with Crippen LogP contribution in [-0.2, 0) is 17.8 Å². The fourth-order valence-electron chi connectivity index (χ4n) is 1.22. The Labute approximate surface area is 81.4 Å². The van der Waals surface area contributed by atoms with Gasteiger partial charge in [0.2, 0.25) is 0 Å². The van der Waals surface area contributed by atoms with E-state index in [-0.39, 0.29) is 25.2 Å². The van der Waals surface area contributed by atoms with E-state index >= 15 is 0 Å². The Kier molecular flexibility index (Phi) is 3.48. The van der Waals surface area contributed by atoms with Crippen LogP contribution in [0, 0.1) is 0 Å². The summed E-state index contributed by atoms with van der Waals surface area (Å²) in [5.74, 6) is -0.907. The van der Waals surface area contributed by atoms with Crippen molar-refractivity contribution < 1.29 is 20.1 Å². The molecule has 0 aliphatic carbocycles. The van der Waals surface area contributed by atoms with Crippen LogP contribution in [0.4, 0.5) is 0 Å². The predicted molar refractivity (Wildman–Crippen MR) is 50.0 cm³/mol. The van der Waals surface area contributed by atoms with E-state index < -0.39 is 5.97 Å². The molecule has 0 aliphatic rings. The van der Waals surface area contributed by atoms with Gasteiger partial charge in [-0.05, 0) is 12.0 Å². The third kappa shape index (κ3) is 2.47. The summed E-state index contributed by atoms with van der Waals surface area (Å²) >= 11 is 0. The second-order valence-electron chi connectivity index (χ2n) is 2.98. The van der Waals surface area contributed by atoms with Crippen LogP contribution in [0.15, 0.2) is 18.2 Å². The van der Waals surface area contributed by atoms with Crippen molar-refractivity contribution in [2.45, 2.75) is 19.4 Å². The lowest BCUT2D eigenvalue weighted by Gasteiger charge is -2.06. The summed E-state index contributed by atoms with van der Waals surface area (Å²) in [6.07, 6.45) is 0.247. The van der Waals surface area contributed by atoms with Gasteiger partial charge >= 0.3 is 5.97 Å². The van der Waals surface area contributed by atoms with Crippen molar-refractivity contribution in [3.63, 3.8) is 0 Å². The van der Waals surface area contributed by atoms with Crippen LogP contribution in [0.5, 0.6) is 5.75 Å². The Hall–Kier alpha value is -1.55. The molecule has 14 heavy (non-hydrogen) atoms. The Balaban J connectivity index is 2.81. The minimum atomic E-state index is -0.904. The molecule has 0 heterocycles. The molecule has 0 aromatic heterocycles. The molecule has 0 atom stereocenters. The second-order valence-corrected chi connectivity index (χ2v) is 2.98. The minimum absolute atomic E-state index is 0.00347. The highest BCUT2D eigenvalue weighted by molar-refractivity contribution is 5.67. The van der Waals surface area contributed by atoms with Gasteiger partial charge in [0.1, 0.15) is 5.75 Å². The van der Waals surface area contributed by atoms with E-state index in [1.54, 1.807) is 18.2 Å². The maximum Gasteiger partial charge on any atom is 0.303 e. The van der Waals surface area contributed by atoms with E-state index in [1.165, 1.54) is 0 Å². The number of carboxylic acids is 1. The number of para-hydroxylation sites is 1. The molecular weight excluding hydrogens is 184 g/mol. The summed E-state index contributed by atoms with van der Waals surface area (Å²) in [6, 6.07) is 4.93. The number of aryl methyl sites for hydroxylation is 1. The number of hydrogen-bond donors (Lipinski definition) is 3. The number of aliphatic hydroxyl groups excluding tert-OH is 1. The first-order valence-corrected chi connectivity index (χ1v) is 4.27. The highest BCUT2D eigenvalue weighted by Crippen LogP contribution is 2.23. The molecule has 1 rings (SSSR count). The molecule has 0 unspecified atom stereocenters. The van der Waals surface area contributed by atoms with Crippen molar-refractivity contribution in [1.82, 2.24) is 0 Å². The lowest BCUT2D eigenvalue weighted by Crippen LogP contribution is -1.98. The molecule has 0 spiro atoms. The monoisotopic (exact) mass is 196 g/mol. The molecule has 0 saturated heterocycles. The first kappa shape index (κ1) is 10.5. The molecular formula is C10H12O4. The van der Waals surface area contributed by atoms with E-state index in [9.17, 15) is 9.90 Å². The van der Waals surface area contributed by atoms with Gasteiger partial charge in [0.25, 0.3) is 0 Å². The van der Waals surface area contributed by atoms with Gasteiger partial charge < -0.3 is 15.3 Å². The van der Waals surface area contributed by atoms with Crippen LogP contribution >= 0.6 is 0 Å². The quantitative estimate of drug-likeness (QED) is 0.668. The standard InChI is InChI=1S/C10H12O4/c11-6-8-3-1-2-7(10(8)14)4-5-9(12)13/h1-3,11,14H,4-6H2,(H,12,13). The lowest BCUT2D eigenvalue weighted by atomic mass is 10.0. The molecule has 4 nitrogen and oxygen atoms in total. The lowest BCUT2D eigenvalue weighted by molar-refractivity contribution is -0.136. The zero-order chi connectivity index (χ0) is 10.6. The number of phenols is 1. The molecule has 76 valence electrons. The zero-order valence-electron chi connectivity index (χ0n) is 7.60. The van der Waals surface area contributed by atoms with E-state index in [0.717, 1.165) is 0 Å². The average molecular weight is 196 g/mol. The number of aliphatic hydroxyl groups is 1. The van der Waals surface area contributed by atoms with Crippen molar-refractivity contribution in [2.75, 3.05) is 0 Å². The molecule has 0 amide bonds. The highest BCUT2D eigenvalue weighted by atomic mass is 16.4. The van der Waals surface area contributed by atoms with Crippen LogP contribution < -0.4 is 0 Å². The molecule has 0 bridgehead atoms. The van der Waals surface area contributed by atoms with Crippen LogP contribution in [0.25, 0.3) is 0 Å². The van der Waals surface area contributed by atoms with Crippen molar-refractivity contribution in [3.8, 4) is 5.75 Å².